The molecule has 74 valence electrons. The fourth-order valence-corrected chi connectivity index (χ4v) is 1.44. The predicted molar refractivity (Wildman–Crippen MR) is 61.9 cm³/mol. The first kappa shape index (κ1) is 10.7. The number of anilines is 1. The molecule has 14 heavy (non-hydrogen) atoms. The van der Waals surface area contributed by atoms with Gasteiger partial charge in [-0.05, 0) is 30.5 Å². The van der Waals surface area contributed by atoms with E-state index in [2.05, 4.69) is 37.8 Å². The van der Waals surface area contributed by atoms with E-state index in [0.29, 0.717) is 11.8 Å². The van der Waals surface area contributed by atoms with Crippen LogP contribution in [0.1, 0.15) is 32.3 Å². The SMILES string of the molecule is CC#CC(C)C(C)c1ccc(N)cc1. The highest BCUT2D eigenvalue weighted by molar-refractivity contribution is 5.40. The van der Waals surface area contributed by atoms with Crippen LogP contribution in [-0.2, 0) is 0 Å². The highest BCUT2D eigenvalue weighted by atomic mass is 14.5. The molecule has 0 aromatic heterocycles. The first-order chi connectivity index (χ1) is 6.65. The van der Waals surface area contributed by atoms with Crippen molar-refractivity contribution in [3.63, 3.8) is 0 Å². The van der Waals surface area contributed by atoms with Gasteiger partial charge in [0.2, 0.25) is 0 Å². The highest BCUT2D eigenvalue weighted by Crippen LogP contribution is 2.24. The van der Waals surface area contributed by atoms with Crippen molar-refractivity contribution in [2.45, 2.75) is 26.7 Å². The molecule has 2 atom stereocenters. The summed E-state index contributed by atoms with van der Waals surface area (Å²) in [7, 11) is 0. The van der Waals surface area contributed by atoms with E-state index in [4.69, 9.17) is 5.73 Å². The third kappa shape index (κ3) is 2.53. The lowest BCUT2D eigenvalue weighted by Crippen LogP contribution is -2.03. The molecule has 0 spiro atoms. The van der Waals surface area contributed by atoms with Crippen molar-refractivity contribution in [2.75, 3.05) is 5.73 Å². The zero-order chi connectivity index (χ0) is 10.6. The van der Waals surface area contributed by atoms with Crippen LogP contribution in [0.15, 0.2) is 24.3 Å². The summed E-state index contributed by atoms with van der Waals surface area (Å²) in [5.74, 6) is 6.99. The lowest BCUT2D eigenvalue weighted by atomic mass is 9.89. The molecule has 0 amide bonds. The van der Waals surface area contributed by atoms with Crippen molar-refractivity contribution >= 4 is 5.69 Å². The first-order valence-electron chi connectivity index (χ1n) is 4.93. The number of nitrogen functional groups attached to an aromatic ring is 1. The molecule has 0 aliphatic heterocycles. The summed E-state index contributed by atoms with van der Waals surface area (Å²) in [4.78, 5) is 0. The average Bonchev–Trinajstić information content (AvgIpc) is 2.18. The molecule has 1 rings (SSSR count). The maximum Gasteiger partial charge on any atom is 0.0314 e. The Labute approximate surface area is 86.3 Å². The molecule has 0 saturated heterocycles. The molecule has 1 nitrogen and oxygen atoms in total. The van der Waals surface area contributed by atoms with Gasteiger partial charge in [0.1, 0.15) is 0 Å². The summed E-state index contributed by atoms with van der Waals surface area (Å²) in [6.45, 7) is 6.23. The number of rotatable bonds is 2. The molecule has 1 aromatic carbocycles. The Morgan fingerprint density at radius 1 is 1.14 bits per heavy atom. The van der Waals surface area contributed by atoms with Crippen LogP contribution in [0.3, 0.4) is 0 Å². The van der Waals surface area contributed by atoms with E-state index < -0.39 is 0 Å². The lowest BCUT2D eigenvalue weighted by molar-refractivity contribution is 0.610. The lowest BCUT2D eigenvalue weighted by Gasteiger charge is -2.15. The fourth-order valence-electron chi connectivity index (χ4n) is 1.44. The molecule has 0 aliphatic carbocycles. The van der Waals surface area contributed by atoms with Crippen molar-refractivity contribution in [1.29, 1.82) is 0 Å². The van der Waals surface area contributed by atoms with Gasteiger partial charge in [-0.25, -0.2) is 0 Å². The maximum atomic E-state index is 5.63. The number of hydrogen-bond acceptors (Lipinski definition) is 1. The normalized spacial score (nSPS) is 13.9. The van der Waals surface area contributed by atoms with E-state index in [0.717, 1.165) is 5.69 Å². The topological polar surface area (TPSA) is 26.0 Å². The Kier molecular flexibility index (Phi) is 3.59. The van der Waals surface area contributed by atoms with Crippen molar-refractivity contribution in [3.8, 4) is 11.8 Å². The number of nitrogens with two attached hydrogens (primary N) is 1. The van der Waals surface area contributed by atoms with Gasteiger partial charge < -0.3 is 5.73 Å². The second-order valence-corrected chi connectivity index (χ2v) is 3.64. The zero-order valence-electron chi connectivity index (χ0n) is 9.04. The Hall–Kier alpha value is -1.42. The van der Waals surface area contributed by atoms with Crippen LogP contribution in [0.4, 0.5) is 5.69 Å². The van der Waals surface area contributed by atoms with Gasteiger partial charge in [0, 0.05) is 11.6 Å². The molecule has 0 bridgehead atoms. The van der Waals surface area contributed by atoms with E-state index in [9.17, 15) is 0 Å². The summed E-state index contributed by atoms with van der Waals surface area (Å²) in [6, 6.07) is 8.04. The van der Waals surface area contributed by atoms with Crippen LogP contribution in [0.25, 0.3) is 0 Å². The van der Waals surface area contributed by atoms with Crippen molar-refractivity contribution in [1.82, 2.24) is 0 Å². The molecular formula is C13H17N. The van der Waals surface area contributed by atoms with Crippen LogP contribution in [0.2, 0.25) is 0 Å². The van der Waals surface area contributed by atoms with E-state index in [1.54, 1.807) is 0 Å². The molecule has 2 unspecified atom stereocenters. The van der Waals surface area contributed by atoms with Gasteiger partial charge in [-0.15, -0.1) is 5.92 Å². The third-order valence-electron chi connectivity index (χ3n) is 2.58. The van der Waals surface area contributed by atoms with E-state index >= 15 is 0 Å². The van der Waals surface area contributed by atoms with Gasteiger partial charge in [0.15, 0.2) is 0 Å². The van der Waals surface area contributed by atoms with E-state index in [1.807, 2.05) is 19.1 Å². The van der Waals surface area contributed by atoms with Crippen LogP contribution in [0, 0.1) is 17.8 Å². The molecule has 0 heterocycles. The smallest absolute Gasteiger partial charge is 0.0314 e. The molecule has 0 radical (unpaired) electrons. The summed E-state index contributed by atoms with van der Waals surface area (Å²) < 4.78 is 0. The summed E-state index contributed by atoms with van der Waals surface area (Å²) >= 11 is 0. The van der Waals surface area contributed by atoms with E-state index in [-0.39, 0.29) is 0 Å². The van der Waals surface area contributed by atoms with Crippen LogP contribution >= 0.6 is 0 Å². The summed E-state index contributed by atoms with van der Waals surface area (Å²) in [5, 5.41) is 0. The second kappa shape index (κ2) is 4.72. The minimum Gasteiger partial charge on any atom is -0.399 e. The Bertz CT molecular complexity index is 340. The van der Waals surface area contributed by atoms with Gasteiger partial charge in [-0.2, -0.15) is 0 Å². The molecule has 0 fully saturated rings. The Morgan fingerprint density at radius 2 is 1.71 bits per heavy atom. The van der Waals surface area contributed by atoms with E-state index in [1.165, 1.54) is 5.56 Å². The minimum atomic E-state index is 0.392. The maximum absolute atomic E-state index is 5.63. The quantitative estimate of drug-likeness (QED) is 0.559. The standard InChI is InChI=1S/C13H17N/c1-4-5-10(2)11(3)12-6-8-13(14)9-7-12/h6-11H,14H2,1-3H3. The molecule has 0 aliphatic rings. The second-order valence-electron chi connectivity index (χ2n) is 3.64. The van der Waals surface area contributed by atoms with Gasteiger partial charge in [-0.1, -0.05) is 31.9 Å². The minimum absolute atomic E-state index is 0.392. The Morgan fingerprint density at radius 3 is 2.21 bits per heavy atom. The number of benzene rings is 1. The first-order valence-corrected chi connectivity index (χ1v) is 4.93. The van der Waals surface area contributed by atoms with Crippen LogP contribution in [0.5, 0.6) is 0 Å². The largest absolute Gasteiger partial charge is 0.399 e. The molecular weight excluding hydrogens is 170 g/mol. The van der Waals surface area contributed by atoms with Crippen LogP contribution in [-0.4, -0.2) is 0 Å². The zero-order valence-corrected chi connectivity index (χ0v) is 9.04. The highest BCUT2D eigenvalue weighted by Gasteiger charge is 2.11. The fraction of sp³-hybridized carbons (Fsp3) is 0.385. The molecule has 1 heteroatoms. The summed E-state index contributed by atoms with van der Waals surface area (Å²) in [6.07, 6.45) is 0. The van der Waals surface area contributed by atoms with Gasteiger partial charge >= 0.3 is 0 Å². The molecule has 0 saturated carbocycles. The van der Waals surface area contributed by atoms with Crippen molar-refractivity contribution < 1.29 is 0 Å². The van der Waals surface area contributed by atoms with Gasteiger partial charge in [0.05, 0.1) is 0 Å². The molecule has 1 aromatic rings. The summed E-state index contributed by atoms with van der Waals surface area (Å²) in [5.41, 5.74) is 7.75. The van der Waals surface area contributed by atoms with Crippen molar-refractivity contribution in [2.24, 2.45) is 5.92 Å². The Balaban J connectivity index is 2.82. The van der Waals surface area contributed by atoms with Crippen molar-refractivity contribution in [3.05, 3.63) is 29.8 Å². The van der Waals surface area contributed by atoms with Gasteiger partial charge in [0.25, 0.3) is 0 Å². The monoisotopic (exact) mass is 187 g/mol. The molecule has 2 N–H and O–H groups in total. The number of hydrogen-bond donors (Lipinski definition) is 1. The van der Waals surface area contributed by atoms with Gasteiger partial charge in [-0.3, -0.25) is 0 Å². The average molecular weight is 187 g/mol. The predicted octanol–water partition coefficient (Wildman–Crippen LogP) is 3.03. The van der Waals surface area contributed by atoms with Crippen LogP contribution < -0.4 is 5.73 Å². The third-order valence-corrected chi connectivity index (χ3v) is 2.58.